The van der Waals surface area contributed by atoms with Gasteiger partial charge in [-0.1, -0.05) is 76.2 Å². The minimum atomic E-state index is -1.04. The summed E-state index contributed by atoms with van der Waals surface area (Å²) in [6, 6.07) is 18.3. The van der Waals surface area contributed by atoms with Crippen molar-refractivity contribution in [3.05, 3.63) is 102 Å². The van der Waals surface area contributed by atoms with E-state index in [2.05, 4.69) is 73.5 Å². The van der Waals surface area contributed by atoms with Crippen molar-refractivity contribution < 1.29 is 38.6 Å². The number of cyclic esters (lactones) is 1. The Morgan fingerprint density at radius 1 is 1.01 bits per heavy atom. The summed E-state index contributed by atoms with van der Waals surface area (Å²) < 4.78 is 14.1. The van der Waals surface area contributed by atoms with E-state index in [1.165, 1.54) is 16.0 Å². The van der Waals surface area contributed by atoms with Gasteiger partial charge in [0, 0.05) is 67.9 Å². The lowest BCUT2D eigenvalue weighted by Crippen LogP contribution is -2.58. The Hall–Kier alpha value is -6.25. The smallest absolute Gasteiger partial charge is 0.324 e. The molecule has 4 heterocycles. The molecular formula is C55H68N6O8. The number of aryl methyl sites for hydroxylation is 1. The first-order valence-corrected chi connectivity index (χ1v) is 24.6. The minimum absolute atomic E-state index is 0.0140. The number of hydrogen-bond acceptors (Lipinski definition) is 9. The van der Waals surface area contributed by atoms with Crippen LogP contribution in [0.25, 0.3) is 33.3 Å². The van der Waals surface area contributed by atoms with Crippen molar-refractivity contribution in [2.75, 3.05) is 40.4 Å². The maximum Gasteiger partial charge on any atom is 0.324 e. The van der Waals surface area contributed by atoms with Gasteiger partial charge in [0.25, 0.3) is 0 Å². The fourth-order valence-corrected chi connectivity index (χ4v) is 11.2. The van der Waals surface area contributed by atoms with Gasteiger partial charge >= 0.3 is 5.97 Å². The average molecular weight is 941 g/mol. The lowest BCUT2D eigenvalue weighted by atomic mass is 9.84. The lowest BCUT2D eigenvalue weighted by Gasteiger charge is -2.37. The molecule has 3 fully saturated rings. The standard InChI is InChI=1S/C55H68N6O8/c1-8-48(63)59-24-22-38(31-59)52(65)58(6)49(36-15-10-11-16-36)51(64)56-34(3)43-27-35-25-40(28-41(62)26-35)37-20-21-47-44(29-37)45(50(60(47)9-2)42-18-13-12-17-39(42)32-68-7)30-55(4,5)33-69-54(67)46-19-14-23-61(57-46)53(43)66/h8,12-13,17-18,20-21,25-26,28-29,36,38,43,46,49,57,62H,1,3,9-11,14-16,19,22-24,27,30-33H2,2,4-7H3,(H,56,64)/t38-,43?,46-,49-/m0/s1. The number of aromatic nitrogens is 1. The van der Waals surface area contributed by atoms with Crippen LogP contribution in [0.4, 0.5) is 0 Å². The largest absolute Gasteiger partial charge is 0.508 e. The van der Waals surface area contributed by atoms with Gasteiger partial charge in [0.2, 0.25) is 23.6 Å². The van der Waals surface area contributed by atoms with Gasteiger partial charge in [0.15, 0.2) is 0 Å². The second kappa shape index (κ2) is 20.8. The number of rotatable bonds is 11. The van der Waals surface area contributed by atoms with Crippen molar-refractivity contribution in [2.24, 2.45) is 23.2 Å². The molecule has 4 atom stereocenters. The summed E-state index contributed by atoms with van der Waals surface area (Å²) in [6.45, 7) is 16.5. The quantitative estimate of drug-likeness (QED) is 0.103. The van der Waals surface area contributed by atoms with Gasteiger partial charge in [-0.05, 0) is 116 Å². The van der Waals surface area contributed by atoms with Crippen molar-refractivity contribution in [1.29, 1.82) is 0 Å². The topological polar surface area (TPSA) is 163 Å². The molecule has 4 aromatic rings. The van der Waals surface area contributed by atoms with Crippen LogP contribution in [-0.2, 0) is 59.4 Å². The van der Waals surface area contributed by atoms with Gasteiger partial charge < -0.3 is 34.3 Å². The summed E-state index contributed by atoms with van der Waals surface area (Å²) in [5, 5.41) is 16.9. The number of carbonyl (C=O) groups excluding carboxylic acids is 5. The van der Waals surface area contributed by atoms with E-state index < -0.39 is 47.1 Å². The molecule has 2 saturated heterocycles. The summed E-state index contributed by atoms with van der Waals surface area (Å²) in [6.07, 6.45) is 6.71. The van der Waals surface area contributed by atoms with Crippen LogP contribution in [-0.4, -0.2) is 107 Å². The minimum Gasteiger partial charge on any atom is -0.508 e. The molecule has 14 nitrogen and oxygen atoms in total. The first kappa shape index (κ1) is 49.2. The number of nitrogens with one attached hydrogen (secondary N) is 2. The number of phenolic OH excluding ortho intramolecular Hbond substituents is 1. The molecule has 4 amide bonds. The molecular weight excluding hydrogens is 873 g/mol. The molecule has 14 heteroatoms. The van der Waals surface area contributed by atoms with Gasteiger partial charge in [-0.3, -0.25) is 29.0 Å². The Balaban J connectivity index is 1.18. The molecule has 6 bridgehead atoms. The molecule has 8 rings (SSSR count). The number of fused-ring (bicyclic) bond motifs is 6. The number of likely N-dealkylation sites (tertiary alicyclic amines) is 1. The summed E-state index contributed by atoms with van der Waals surface area (Å²) in [7, 11) is 3.35. The van der Waals surface area contributed by atoms with Crippen molar-refractivity contribution in [3.8, 4) is 28.1 Å². The molecule has 3 aromatic carbocycles. The molecule has 3 aliphatic heterocycles. The molecule has 1 saturated carbocycles. The monoisotopic (exact) mass is 941 g/mol. The number of carbonyl (C=O) groups is 5. The Morgan fingerprint density at radius 2 is 1.78 bits per heavy atom. The van der Waals surface area contributed by atoms with Gasteiger partial charge in [0.1, 0.15) is 17.8 Å². The zero-order valence-corrected chi connectivity index (χ0v) is 40.9. The third-order valence-corrected chi connectivity index (χ3v) is 14.7. The van der Waals surface area contributed by atoms with Gasteiger partial charge in [-0.25, -0.2) is 5.43 Å². The van der Waals surface area contributed by atoms with Crippen molar-refractivity contribution in [1.82, 2.24) is 30.1 Å². The summed E-state index contributed by atoms with van der Waals surface area (Å²) >= 11 is 0. The number of nitrogens with zero attached hydrogens (tertiary/aromatic N) is 4. The number of likely N-dealkylation sites (N-methyl/N-ethyl adjacent to an activating group) is 1. The van der Waals surface area contributed by atoms with Gasteiger partial charge in [-0.2, -0.15) is 0 Å². The van der Waals surface area contributed by atoms with Crippen molar-refractivity contribution in [2.45, 2.75) is 104 Å². The number of benzene rings is 3. The van der Waals surface area contributed by atoms with Crippen LogP contribution in [0.5, 0.6) is 5.75 Å². The van der Waals surface area contributed by atoms with E-state index >= 15 is 0 Å². The highest BCUT2D eigenvalue weighted by atomic mass is 16.5. The third kappa shape index (κ3) is 10.4. The normalized spacial score (nSPS) is 21.4. The predicted octanol–water partition coefficient (Wildman–Crippen LogP) is 7.31. The predicted molar refractivity (Wildman–Crippen MR) is 265 cm³/mol. The zero-order valence-electron chi connectivity index (χ0n) is 40.9. The molecule has 1 unspecified atom stereocenters. The Morgan fingerprint density at radius 3 is 2.52 bits per heavy atom. The highest BCUT2D eigenvalue weighted by molar-refractivity contribution is 5.96. The van der Waals surface area contributed by atoms with Crippen LogP contribution < -0.4 is 10.7 Å². The Kier molecular flexibility index (Phi) is 14.8. The number of hydrazine groups is 1. The van der Waals surface area contributed by atoms with E-state index in [1.807, 2.05) is 24.3 Å². The maximum absolute atomic E-state index is 14.9. The van der Waals surface area contributed by atoms with Crippen LogP contribution in [0.2, 0.25) is 0 Å². The van der Waals surface area contributed by atoms with E-state index in [4.69, 9.17) is 9.47 Å². The number of ether oxygens (including phenoxy) is 2. The maximum atomic E-state index is 14.9. The Labute approximate surface area is 405 Å². The first-order chi connectivity index (χ1) is 33.1. The number of methoxy groups -OCH3 is 1. The Bertz CT molecular complexity index is 2650. The highest BCUT2D eigenvalue weighted by Gasteiger charge is 2.42. The van der Waals surface area contributed by atoms with E-state index in [1.54, 1.807) is 31.2 Å². The zero-order chi connectivity index (χ0) is 49.1. The second-order valence-electron chi connectivity index (χ2n) is 20.2. The number of esters is 1. The van der Waals surface area contributed by atoms with E-state index in [-0.39, 0.29) is 48.8 Å². The van der Waals surface area contributed by atoms with Gasteiger partial charge in [-0.15, -0.1) is 0 Å². The summed E-state index contributed by atoms with van der Waals surface area (Å²) in [4.78, 5) is 73.2. The number of hydrogen-bond donors (Lipinski definition) is 3. The van der Waals surface area contributed by atoms with E-state index in [9.17, 15) is 29.1 Å². The molecule has 3 N–H and O–H groups in total. The van der Waals surface area contributed by atoms with Crippen LogP contribution in [0.3, 0.4) is 0 Å². The first-order valence-electron chi connectivity index (χ1n) is 24.6. The molecule has 1 aromatic heterocycles. The van der Waals surface area contributed by atoms with E-state index in [0.29, 0.717) is 57.5 Å². The number of amides is 4. The SMILES string of the molecule is C=CC(=O)N1CC[C@H](C(=O)N(C)[C@H](C(=O)NC(=C)C2Cc3cc(O)cc(c3)-c3ccc4c(c3)c(c(-c3ccccc3COC)n4CC)CC(C)(C)COC(=O)[C@@H]3CCCN(N3)C2=O)C2CCCC2)C1. The molecule has 366 valence electrons. The van der Waals surface area contributed by atoms with Crippen LogP contribution >= 0.6 is 0 Å². The number of aromatic hydroxyl groups is 1. The molecule has 0 spiro atoms. The fourth-order valence-electron chi connectivity index (χ4n) is 11.2. The van der Waals surface area contributed by atoms with E-state index in [0.717, 1.165) is 70.1 Å². The molecule has 1 aliphatic carbocycles. The number of phenols is 1. The average Bonchev–Trinajstić information content (AvgIpc) is 4.12. The molecule has 4 aliphatic rings. The summed E-state index contributed by atoms with van der Waals surface area (Å²) in [5.74, 6) is -3.35. The van der Waals surface area contributed by atoms with Crippen LogP contribution in [0.1, 0.15) is 82.4 Å². The molecule has 0 radical (unpaired) electrons. The highest BCUT2D eigenvalue weighted by Crippen LogP contribution is 2.42. The van der Waals surface area contributed by atoms with Crippen LogP contribution in [0, 0.1) is 23.2 Å². The second-order valence-corrected chi connectivity index (χ2v) is 20.2. The van der Waals surface area contributed by atoms with Gasteiger partial charge in [0.05, 0.1) is 30.7 Å². The lowest BCUT2D eigenvalue weighted by molar-refractivity contribution is -0.155. The van der Waals surface area contributed by atoms with Crippen LogP contribution in [0.15, 0.2) is 85.6 Å². The fraction of sp³-hybridized carbons (Fsp3) is 0.473. The van der Waals surface area contributed by atoms with Crippen molar-refractivity contribution >= 4 is 40.5 Å². The summed E-state index contributed by atoms with van der Waals surface area (Å²) in [5.41, 5.74) is 10.4. The third-order valence-electron chi connectivity index (χ3n) is 14.7. The van der Waals surface area contributed by atoms with Crippen molar-refractivity contribution in [3.63, 3.8) is 0 Å². The molecule has 69 heavy (non-hydrogen) atoms.